The summed E-state index contributed by atoms with van der Waals surface area (Å²) in [5.74, 6) is 0.470. The van der Waals surface area contributed by atoms with Crippen molar-refractivity contribution < 1.29 is 19.0 Å². The second-order valence-electron chi connectivity index (χ2n) is 4.41. The minimum atomic E-state index is -0.361. The molecule has 0 unspecified atom stereocenters. The Bertz CT molecular complexity index is 552. The first-order valence-electron chi connectivity index (χ1n) is 6.17. The molecule has 2 atom stereocenters. The molecule has 0 aromatic heterocycles. The van der Waals surface area contributed by atoms with Gasteiger partial charge in [0.05, 0.1) is 23.8 Å². The first kappa shape index (κ1) is 12.5. The second-order valence-corrected chi connectivity index (χ2v) is 4.84. The van der Waals surface area contributed by atoms with E-state index in [2.05, 4.69) is 0 Å². The molecular weight excluding hydrogens is 268 g/mol. The predicted molar refractivity (Wildman–Crippen MR) is 69.4 cm³/mol. The summed E-state index contributed by atoms with van der Waals surface area (Å²) >= 11 is 5.90. The van der Waals surface area contributed by atoms with Crippen LogP contribution in [-0.2, 0) is 9.47 Å². The number of ether oxygens (including phenoxy) is 3. The Labute approximate surface area is 115 Å². The average Bonchev–Trinajstić information content (AvgIpc) is 2.40. The summed E-state index contributed by atoms with van der Waals surface area (Å²) in [6, 6.07) is 5.05. The van der Waals surface area contributed by atoms with Gasteiger partial charge in [0.15, 0.2) is 5.78 Å². The number of benzene rings is 1. The third kappa shape index (κ3) is 2.22. The molecule has 2 heterocycles. The molecule has 100 valence electrons. The SMILES string of the molecule is CCO[C@@H]1C[C@@H]2Oc3ccc(Cl)cc3C(=O)C2=CO1. The molecule has 0 aliphatic carbocycles. The van der Waals surface area contributed by atoms with E-state index in [0.717, 1.165) is 0 Å². The fourth-order valence-corrected chi connectivity index (χ4v) is 2.45. The molecule has 1 aromatic rings. The number of fused-ring (bicyclic) bond motifs is 2. The van der Waals surface area contributed by atoms with Gasteiger partial charge in [0.2, 0.25) is 6.29 Å². The van der Waals surface area contributed by atoms with Gasteiger partial charge >= 0.3 is 0 Å². The Morgan fingerprint density at radius 2 is 2.32 bits per heavy atom. The fraction of sp³-hybridized carbons (Fsp3) is 0.357. The smallest absolute Gasteiger partial charge is 0.202 e. The molecule has 5 heteroatoms. The van der Waals surface area contributed by atoms with Crippen LogP contribution in [0.2, 0.25) is 5.02 Å². The lowest BCUT2D eigenvalue weighted by molar-refractivity contribution is -0.127. The average molecular weight is 281 g/mol. The maximum atomic E-state index is 12.3. The van der Waals surface area contributed by atoms with Crippen molar-refractivity contribution in [1.29, 1.82) is 0 Å². The van der Waals surface area contributed by atoms with Crippen molar-refractivity contribution in [2.45, 2.75) is 25.7 Å². The van der Waals surface area contributed by atoms with Gasteiger partial charge in [-0.25, -0.2) is 0 Å². The summed E-state index contributed by atoms with van der Waals surface area (Å²) < 4.78 is 16.6. The highest BCUT2D eigenvalue weighted by Gasteiger charge is 2.37. The number of carbonyl (C=O) groups is 1. The lowest BCUT2D eigenvalue weighted by atomic mass is 9.93. The van der Waals surface area contributed by atoms with Crippen molar-refractivity contribution in [3.8, 4) is 5.75 Å². The lowest BCUT2D eigenvalue weighted by Crippen LogP contribution is -2.38. The first-order valence-corrected chi connectivity index (χ1v) is 6.55. The number of hydrogen-bond acceptors (Lipinski definition) is 4. The molecular formula is C14H13ClO4. The van der Waals surface area contributed by atoms with E-state index < -0.39 is 0 Å². The largest absolute Gasteiger partial charge is 0.484 e. The van der Waals surface area contributed by atoms with Gasteiger partial charge in [-0.1, -0.05) is 11.6 Å². The van der Waals surface area contributed by atoms with Gasteiger partial charge < -0.3 is 14.2 Å². The molecule has 0 radical (unpaired) electrons. The third-order valence-electron chi connectivity index (χ3n) is 3.17. The standard InChI is InChI=1S/C14H13ClO4/c1-2-17-13-6-12-10(7-18-13)14(16)9-5-8(15)3-4-11(9)19-12/h3-5,7,12-13H,2,6H2,1H3/t12-,13-/m0/s1. The minimum absolute atomic E-state index is 0.0938. The van der Waals surface area contributed by atoms with Gasteiger partial charge in [0.25, 0.3) is 0 Å². The van der Waals surface area contributed by atoms with E-state index in [1.807, 2.05) is 6.92 Å². The topological polar surface area (TPSA) is 44.8 Å². The Balaban J connectivity index is 1.93. The Morgan fingerprint density at radius 3 is 3.11 bits per heavy atom. The van der Waals surface area contributed by atoms with Crippen molar-refractivity contribution in [3.63, 3.8) is 0 Å². The van der Waals surface area contributed by atoms with Gasteiger partial charge in [-0.3, -0.25) is 4.79 Å². The molecule has 1 aromatic carbocycles. The highest BCUT2D eigenvalue weighted by Crippen LogP contribution is 2.36. The zero-order valence-electron chi connectivity index (χ0n) is 10.4. The van der Waals surface area contributed by atoms with E-state index >= 15 is 0 Å². The van der Waals surface area contributed by atoms with E-state index in [4.69, 9.17) is 25.8 Å². The number of rotatable bonds is 2. The highest BCUT2D eigenvalue weighted by molar-refractivity contribution is 6.31. The molecule has 0 N–H and O–H groups in total. The maximum Gasteiger partial charge on any atom is 0.202 e. The van der Waals surface area contributed by atoms with Crippen LogP contribution in [0, 0.1) is 0 Å². The normalized spacial score (nSPS) is 24.7. The minimum Gasteiger partial charge on any atom is -0.484 e. The van der Waals surface area contributed by atoms with Crippen molar-refractivity contribution >= 4 is 17.4 Å². The second kappa shape index (κ2) is 4.87. The molecule has 0 saturated heterocycles. The molecule has 0 fully saturated rings. The van der Waals surface area contributed by atoms with Gasteiger partial charge in [0.1, 0.15) is 11.9 Å². The number of Topliss-reactive ketones (excluding diaryl/α,β-unsaturated/α-hetero) is 1. The first-order chi connectivity index (χ1) is 9.19. The third-order valence-corrected chi connectivity index (χ3v) is 3.41. The van der Waals surface area contributed by atoms with E-state index in [1.54, 1.807) is 18.2 Å². The number of carbonyl (C=O) groups excluding carboxylic acids is 1. The molecule has 0 saturated carbocycles. The molecule has 3 rings (SSSR count). The molecule has 19 heavy (non-hydrogen) atoms. The van der Waals surface area contributed by atoms with Crippen molar-refractivity contribution in [3.05, 3.63) is 40.6 Å². The highest BCUT2D eigenvalue weighted by atomic mass is 35.5. The molecule has 2 aliphatic rings. The van der Waals surface area contributed by atoms with Gasteiger partial charge in [-0.2, -0.15) is 0 Å². The summed E-state index contributed by atoms with van der Waals surface area (Å²) in [5, 5.41) is 0.513. The number of halogens is 1. The summed E-state index contributed by atoms with van der Waals surface area (Å²) in [5.41, 5.74) is 0.999. The Hall–Kier alpha value is -1.52. The van der Waals surface area contributed by atoms with Crippen molar-refractivity contribution in [2.24, 2.45) is 0 Å². The van der Waals surface area contributed by atoms with Gasteiger partial charge in [-0.15, -0.1) is 0 Å². The van der Waals surface area contributed by atoms with Crippen molar-refractivity contribution in [2.75, 3.05) is 6.61 Å². The van der Waals surface area contributed by atoms with Crippen LogP contribution in [0.25, 0.3) is 0 Å². The van der Waals surface area contributed by atoms with Crippen LogP contribution in [0.5, 0.6) is 5.75 Å². The molecule has 2 aliphatic heterocycles. The van der Waals surface area contributed by atoms with Crippen LogP contribution in [0.4, 0.5) is 0 Å². The zero-order chi connectivity index (χ0) is 13.4. The van der Waals surface area contributed by atoms with Crippen LogP contribution in [0.1, 0.15) is 23.7 Å². The predicted octanol–water partition coefficient (Wildman–Crippen LogP) is 2.95. The van der Waals surface area contributed by atoms with Gasteiger partial charge in [-0.05, 0) is 25.1 Å². The van der Waals surface area contributed by atoms with Crippen LogP contribution in [-0.4, -0.2) is 24.8 Å². The van der Waals surface area contributed by atoms with E-state index in [-0.39, 0.29) is 18.2 Å². The summed E-state index contributed by atoms with van der Waals surface area (Å²) in [4.78, 5) is 12.3. The maximum absolute atomic E-state index is 12.3. The quantitative estimate of drug-likeness (QED) is 0.835. The molecule has 0 spiro atoms. The van der Waals surface area contributed by atoms with Crippen LogP contribution >= 0.6 is 11.6 Å². The molecule has 0 amide bonds. The number of hydrogen-bond donors (Lipinski definition) is 0. The zero-order valence-corrected chi connectivity index (χ0v) is 11.1. The van der Waals surface area contributed by atoms with E-state index in [1.165, 1.54) is 6.26 Å². The van der Waals surface area contributed by atoms with Gasteiger partial charge in [0, 0.05) is 11.6 Å². The summed E-state index contributed by atoms with van der Waals surface area (Å²) in [6.45, 7) is 2.45. The Kier molecular flexibility index (Phi) is 3.21. The molecule has 4 nitrogen and oxygen atoms in total. The van der Waals surface area contributed by atoms with E-state index in [9.17, 15) is 4.79 Å². The fourth-order valence-electron chi connectivity index (χ4n) is 2.28. The Morgan fingerprint density at radius 1 is 1.47 bits per heavy atom. The summed E-state index contributed by atoms with van der Waals surface area (Å²) in [6.07, 6.45) is 1.28. The monoisotopic (exact) mass is 280 g/mol. The van der Waals surface area contributed by atoms with Crippen molar-refractivity contribution in [1.82, 2.24) is 0 Å². The summed E-state index contributed by atoms with van der Waals surface area (Å²) in [7, 11) is 0. The van der Waals surface area contributed by atoms with Crippen LogP contribution < -0.4 is 4.74 Å². The lowest BCUT2D eigenvalue weighted by Gasteiger charge is -2.33. The van der Waals surface area contributed by atoms with Crippen LogP contribution in [0.15, 0.2) is 30.0 Å². The van der Waals surface area contributed by atoms with E-state index in [0.29, 0.717) is 34.9 Å². The molecule has 0 bridgehead atoms. The van der Waals surface area contributed by atoms with Crippen LogP contribution in [0.3, 0.4) is 0 Å². The number of ketones is 1.